The lowest BCUT2D eigenvalue weighted by Gasteiger charge is -1.90. The Balaban J connectivity index is 2.86. The number of aromatic nitrogens is 2. The van der Waals surface area contributed by atoms with Crippen LogP contribution in [0.15, 0.2) is 12.1 Å². The molecule has 1 aromatic heterocycles. The van der Waals surface area contributed by atoms with E-state index >= 15 is 0 Å². The lowest BCUT2D eigenvalue weighted by molar-refractivity contribution is 1.32. The van der Waals surface area contributed by atoms with Gasteiger partial charge in [0, 0.05) is 0 Å². The fourth-order valence-corrected chi connectivity index (χ4v) is 1.41. The summed E-state index contributed by atoms with van der Waals surface area (Å²) in [5.74, 6) is 0.110. The molecule has 2 rings (SSSR count). The van der Waals surface area contributed by atoms with Crippen molar-refractivity contribution in [1.82, 2.24) is 9.97 Å². The van der Waals surface area contributed by atoms with Gasteiger partial charge in [-0.3, -0.25) is 0 Å². The van der Waals surface area contributed by atoms with E-state index in [1.54, 1.807) is 12.1 Å². The quantitative estimate of drug-likeness (QED) is 0.683. The predicted octanol–water partition coefficient (Wildman–Crippen LogP) is 3.35. The summed E-state index contributed by atoms with van der Waals surface area (Å²) in [5, 5.41) is 9.23. The number of hydrogen-bond donors (Lipinski definition) is 1. The summed E-state index contributed by atoms with van der Waals surface area (Å²) in [5.41, 5.74) is 1.18. The Morgan fingerprint density at radius 2 is 2.15 bits per heavy atom. The summed E-state index contributed by atoms with van der Waals surface area (Å²) in [6, 6.07) is 3.36. The zero-order valence-corrected chi connectivity index (χ0v) is 7.76. The third-order valence-electron chi connectivity index (χ3n) is 1.63. The van der Waals surface area contributed by atoms with E-state index in [0.717, 1.165) is 0 Å². The minimum absolute atomic E-state index is 0.110. The molecule has 0 unspecified atom stereocenters. The van der Waals surface area contributed by atoms with E-state index in [1.165, 1.54) is 0 Å². The Morgan fingerprint density at radius 1 is 1.38 bits per heavy atom. The van der Waals surface area contributed by atoms with Crippen LogP contribution in [0.1, 0.15) is 0 Å². The number of nitrogens with one attached hydrogen (secondary N) is 1. The van der Waals surface area contributed by atoms with Gasteiger partial charge in [-0.1, -0.05) is 23.2 Å². The molecule has 1 aromatic carbocycles. The number of rotatable bonds is 0. The highest BCUT2D eigenvalue weighted by Crippen LogP contribution is 2.30. The molecule has 2 aromatic rings. The second-order valence-corrected chi connectivity index (χ2v) is 3.20. The van der Waals surface area contributed by atoms with Gasteiger partial charge >= 0.3 is 5.95 Å². The van der Waals surface area contributed by atoms with Crippen LogP contribution >= 0.6 is 23.2 Å². The van der Waals surface area contributed by atoms with Gasteiger partial charge in [-0.25, -0.2) is 4.98 Å². The van der Waals surface area contributed by atoms with E-state index in [2.05, 4.69) is 14.9 Å². The molecule has 0 spiro atoms. The fourth-order valence-electron chi connectivity index (χ4n) is 1.05. The fraction of sp³-hybridized carbons (Fsp3) is 0. The molecule has 6 heteroatoms. The number of nitrogens with zero attached hydrogens (tertiary/aromatic N) is 3. The summed E-state index contributed by atoms with van der Waals surface area (Å²) < 4.78 is 0. The average molecular weight is 214 g/mol. The number of H-pyrrole nitrogens is 1. The van der Waals surface area contributed by atoms with E-state index in [4.69, 9.17) is 28.6 Å². The lowest BCUT2D eigenvalue weighted by atomic mass is 10.3. The van der Waals surface area contributed by atoms with Crippen molar-refractivity contribution in [2.24, 2.45) is 0 Å². The smallest absolute Gasteiger partial charge is 0.221 e. The van der Waals surface area contributed by atoms with Crippen molar-refractivity contribution in [2.75, 3.05) is 0 Å². The zero-order chi connectivity index (χ0) is 9.42. The molecular weight excluding hydrogens is 211 g/mol. The van der Waals surface area contributed by atoms with Crippen LogP contribution in [0.3, 0.4) is 0 Å². The van der Waals surface area contributed by atoms with Gasteiger partial charge in [-0.15, -0.1) is 0 Å². The Morgan fingerprint density at radius 3 is 2.85 bits per heavy atom. The van der Waals surface area contributed by atoms with E-state index < -0.39 is 0 Å². The average Bonchev–Trinajstić information content (AvgIpc) is 2.55. The molecule has 0 bridgehead atoms. The summed E-state index contributed by atoms with van der Waals surface area (Å²) in [6.45, 7) is 0. The van der Waals surface area contributed by atoms with Crippen LogP contribution in [0.25, 0.3) is 16.0 Å². The maximum Gasteiger partial charge on any atom is 0.526 e. The van der Waals surface area contributed by atoms with Gasteiger partial charge in [0.25, 0.3) is 0 Å². The maximum atomic E-state index is 8.45. The Bertz CT molecular complexity index is 511. The van der Waals surface area contributed by atoms with Crippen molar-refractivity contribution in [3.63, 3.8) is 0 Å². The number of aromatic amines is 1. The molecule has 13 heavy (non-hydrogen) atoms. The molecule has 0 aliphatic carbocycles. The van der Waals surface area contributed by atoms with Crippen molar-refractivity contribution in [2.45, 2.75) is 0 Å². The van der Waals surface area contributed by atoms with Crippen LogP contribution in [0.2, 0.25) is 10.0 Å². The molecule has 1 N–H and O–H groups in total. The van der Waals surface area contributed by atoms with Gasteiger partial charge in [0.2, 0.25) is 5.52 Å². The van der Waals surface area contributed by atoms with Crippen LogP contribution in [-0.4, -0.2) is 9.97 Å². The first kappa shape index (κ1) is 8.30. The number of benzene rings is 1. The third kappa shape index (κ3) is 1.22. The highest BCUT2D eigenvalue weighted by molar-refractivity contribution is 6.44. The molecule has 0 radical (unpaired) electrons. The molecule has 64 valence electrons. The van der Waals surface area contributed by atoms with E-state index in [9.17, 15) is 0 Å². The van der Waals surface area contributed by atoms with Gasteiger partial charge < -0.3 is 0 Å². The van der Waals surface area contributed by atoms with E-state index in [-0.39, 0.29) is 5.95 Å². The van der Waals surface area contributed by atoms with Gasteiger partial charge in [0.15, 0.2) is 0 Å². The normalized spacial score (nSPS) is 10.2. The van der Waals surface area contributed by atoms with Crippen molar-refractivity contribution in [3.05, 3.63) is 27.2 Å². The molecule has 0 amide bonds. The highest BCUT2D eigenvalue weighted by atomic mass is 35.5. The number of hydrogen-bond acceptors (Lipinski definition) is 2. The van der Waals surface area contributed by atoms with E-state index in [0.29, 0.717) is 21.1 Å². The topological polar surface area (TPSA) is 56.8 Å². The Hall–Kier alpha value is -1.31. The maximum absolute atomic E-state index is 8.45. The van der Waals surface area contributed by atoms with Gasteiger partial charge in [-0.2, -0.15) is 0 Å². The first-order valence-corrected chi connectivity index (χ1v) is 4.17. The third-order valence-corrected chi connectivity index (χ3v) is 2.42. The van der Waals surface area contributed by atoms with Gasteiger partial charge in [-0.05, 0) is 22.1 Å². The molecule has 0 atom stereocenters. The van der Waals surface area contributed by atoms with Crippen LogP contribution in [0, 0.1) is 5.39 Å². The SMILES string of the molecule is N#[N+]c1nc2c(Cl)c(Cl)ccc2[nH]1. The van der Waals surface area contributed by atoms with Gasteiger partial charge in [0.1, 0.15) is 10.5 Å². The molecule has 0 saturated carbocycles. The van der Waals surface area contributed by atoms with Crippen molar-refractivity contribution in [1.29, 1.82) is 5.39 Å². The minimum Gasteiger partial charge on any atom is -0.221 e. The van der Waals surface area contributed by atoms with Crippen LogP contribution in [-0.2, 0) is 0 Å². The van der Waals surface area contributed by atoms with Crippen LogP contribution in [0.4, 0.5) is 5.95 Å². The zero-order valence-electron chi connectivity index (χ0n) is 6.25. The molecular formula is C7H3Cl2N4+. The van der Waals surface area contributed by atoms with Crippen molar-refractivity contribution in [3.8, 4) is 0 Å². The highest BCUT2D eigenvalue weighted by Gasteiger charge is 2.17. The second kappa shape index (κ2) is 2.87. The molecule has 4 nitrogen and oxygen atoms in total. The predicted molar refractivity (Wildman–Crippen MR) is 50.9 cm³/mol. The summed E-state index contributed by atoms with van der Waals surface area (Å²) in [4.78, 5) is 9.56. The lowest BCUT2D eigenvalue weighted by Crippen LogP contribution is -1.72. The molecule has 0 saturated heterocycles. The van der Waals surface area contributed by atoms with Crippen LogP contribution in [0.5, 0.6) is 0 Å². The molecule has 1 heterocycles. The molecule has 0 aliphatic rings. The van der Waals surface area contributed by atoms with Crippen molar-refractivity contribution < 1.29 is 0 Å². The monoisotopic (exact) mass is 213 g/mol. The number of diazo groups is 1. The minimum atomic E-state index is 0.110. The van der Waals surface area contributed by atoms with Crippen LogP contribution < -0.4 is 0 Å². The largest absolute Gasteiger partial charge is 0.526 e. The molecule has 0 aliphatic heterocycles. The summed E-state index contributed by atoms with van der Waals surface area (Å²) in [7, 11) is 0. The Labute approximate surface area is 83.1 Å². The van der Waals surface area contributed by atoms with Crippen molar-refractivity contribution >= 4 is 40.2 Å². The number of fused-ring (bicyclic) bond motifs is 1. The van der Waals surface area contributed by atoms with E-state index in [1.807, 2.05) is 0 Å². The number of imidazole rings is 1. The second-order valence-electron chi connectivity index (χ2n) is 2.42. The first-order chi connectivity index (χ1) is 6.22. The Kier molecular flexibility index (Phi) is 1.83. The summed E-state index contributed by atoms with van der Waals surface area (Å²) in [6.07, 6.45) is 0. The first-order valence-electron chi connectivity index (χ1n) is 3.41. The number of halogens is 2. The molecule has 0 fully saturated rings. The summed E-state index contributed by atoms with van der Waals surface area (Å²) >= 11 is 11.6. The van der Waals surface area contributed by atoms with Gasteiger partial charge in [0.05, 0.1) is 10.4 Å². The standard InChI is InChI=1S/C7H3Cl2N4/c8-3-1-2-4-6(5(3)9)12-7(11-4)13-10/h1-2H,(H,11,12)/q+1.